The molecular weight excluding hydrogens is 647 g/mol. The van der Waals surface area contributed by atoms with Crippen molar-refractivity contribution in [2.75, 3.05) is 0 Å². The maximum Gasteiger partial charge on any atom is 0.164 e. The summed E-state index contributed by atoms with van der Waals surface area (Å²) in [5.74, 6) is 3.63. The first-order chi connectivity index (χ1) is 26.3. The zero-order valence-electron chi connectivity index (χ0n) is 28.6. The van der Waals surface area contributed by atoms with Gasteiger partial charge in [0, 0.05) is 27.6 Å². The van der Waals surface area contributed by atoms with Gasteiger partial charge in [-0.05, 0) is 62.5 Å². The lowest BCUT2D eigenvalue weighted by molar-refractivity contribution is 0.487. The summed E-state index contributed by atoms with van der Waals surface area (Å²) in [7, 11) is 0. The van der Waals surface area contributed by atoms with Crippen LogP contribution >= 0.6 is 0 Å². The lowest BCUT2D eigenvalue weighted by atomic mass is 9.92. The fraction of sp³-hybridized carbons (Fsp3) is 0. The van der Waals surface area contributed by atoms with Crippen molar-refractivity contribution in [1.29, 1.82) is 0 Å². The third-order valence-electron chi connectivity index (χ3n) is 9.97. The number of fused-ring (bicyclic) bond motifs is 2. The topological polar surface area (TPSA) is 47.9 Å². The highest BCUT2D eigenvalue weighted by atomic mass is 16.5. The van der Waals surface area contributed by atoms with Crippen LogP contribution in [0.25, 0.3) is 89.4 Å². The highest BCUT2D eigenvalue weighted by Crippen LogP contribution is 2.47. The summed E-state index contributed by atoms with van der Waals surface area (Å²) >= 11 is 0. The molecule has 1 aliphatic heterocycles. The number of hydrogen-bond acceptors (Lipinski definition) is 4. The van der Waals surface area contributed by atoms with Gasteiger partial charge in [0.15, 0.2) is 17.5 Å². The van der Waals surface area contributed by atoms with Crippen LogP contribution in [0.2, 0.25) is 0 Å². The van der Waals surface area contributed by atoms with E-state index >= 15 is 0 Å². The predicted octanol–water partition coefficient (Wildman–Crippen LogP) is 12.8. The van der Waals surface area contributed by atoms with Crippen LogP contribution in [0.5, 0.6) is 11.5 Å². The van der Waals surface area contributed by atoms with E-state index in [-0.39, 0.29) is 0 Å². The first-order valence-electron chi connectivity index (χ1n) is 17.8. The van der Waals surface area contributed by atoms with Crippen LogP contribution < -0.4 is 4.74 Å². The van der Waals surface area contributed by atoms with E-state index in [9.17, 15) is 0 Å². The molecule has 0 saturated carbocycles. The van der Waals surface area contributed by atoms with E-state index in [1.165, 1.54) is 10.9 Å². The van der Waals surface area contributed by atoms with Crippen LogP contribution in [-0.4, -0.2) is 15.0 Å². The van der Waals surface area contributed by atoms with E-state index in [2.05, 4.69) is 152 Å². The number of rotatable bonds is 6. The third-order valence-corrected chi connectivity index (χ3v) is 9.97. The van der Waals surface area contributed by atoms with Gasteiger partial charge in [-0.15, -0.1) is 0 Å². The summed E-state index contributed by atoms with van der Waals surface area (Å²) in [4.78, 5) is 15.5. The normalized spacial score (nSPS) is 11.5. The summed E-state index contributed by atoms with van der Waals surface area (Å²) in [6, 6.07) is 65.0. The van der Waals surface area contributed by atoms with Crippen LogP contribution in [0.15, 0.2) is 188 Å². The van der Waals surface area contributed by atoms with Crippen molar-refractivity contribution in [2.24, 2.45) is 0 Å². The van der Waals surface area contributed by atoms with Crippen molar-refractivity contribution >= 4 is 10.8 Å². The maximum absolute atomic E-state index is 6.36. The number of benzene rings is 8. The second-order valence-corrected chi connectivity index (χ2v) is 13.2. The maximum atomic E-state index is 6.36. The smallest absolute Gasteiger partial charge is 0.164 e. The minimum Gasteiger partial charge on any atom is -0.456 e. The second kappa shape index (κ2) is 12.9. The molecule has 1 aromatic heterocycles. The first kappa shape index (κ1) is 30.6. The fourth-order valence-electron chi connectivity index (χ4n) is 7.40. The van der Waals surface area contributed by atoms with Gasteiger partial charge < -0.3 is 4.74 Å². The largest absolute Gasteiger partial charge is 0.456 e. The average Bonchev–Trinajstić information content (AvgIpc) is 3.24. The monoisotopic (exact) mass is 677 g/mol. The first-order valence-corrected chi connectivity index (χ1v) is 17.8. The Hall–Kier alpha value is -7.17. The highest BCUT2D eigenvalue weighted by molar-refractivity contribution is 6.04. The van der Waals surface area contributed by atoms with Crippen molar-refractivity contribution in [2.45, 2.75) is 0 Å². The van der Waals surface area contributed by atoms with E-state index in [4.69, 9.17) is 19.7 Å². The van der Waals surface area contributed by atoms with Gasteiger partial charge in [-0.3, -0.25) is 0 Å². The summed E-state index contributed by atoms with van der Waals surface area (Å²) in [5, 5.41) is 2.33. The Morgan fingerprint density at radius 2 is 0.774 bits per heavy atom. The molecule has 1 aliphatic rings. The molecule has 2 heterocycles. The lowest BCUT2D eigenvalue weighted by Gasteiger charge is -2.22. The van der Waals surface area contributed by atoms with Crippen molar-refractivity contribution < 1.29 is 4.74 Å². The number of nitrogens with zero attached hydrogens (tertiary/aromatic N) is 3. The Bertz CT molecular complexity index is 2690. The SMILES string of the molecule is c1ccc(-c2ccccc2-c2nc(-c3ccc(-c4ccc5c(c4)-c4cccc6cccc(c46)O5)cc3)nc(-c3ccccc3-c3ccccc3)n2)cc1. The Morgan fingerprint density at radius 3 is 1.40 bits per heavy atom. The van der Waals surface area contributed by atoms with Crippen LogP contribution in [0.4, 0.5) is 0 Å². The highest BCUT2D eigenvalue weighted by Gasteiger charge is 2.21. The van der Waals surface area contributed by atoms with Gasteiger partial charge in [-0.25, -0.2) is 15.0 Å². The summed E-state index contributed by atoms with van der Waals surface area (Å²) in [6.07, 6.45) is 0. The van der Waals surface area contributed by atoms with Crippen LogP contribution in [0.1, 0.15) is 0 Å². The van der Waals surface area contributed by atoms with Gasteiger partial charge in [0.2, 0.25) is 0 Å². The van der Waals surface area contributed by atoms with E-state index in [0.717, 1.165) is 72.5 Å². The van der Waals surface area contributed by atoms with E-state index in [0.29, 0.717) is 17.5 Å². The Labute approximate surface area is 307 Å². The number of ether oxygens (including phenoxy) is 1. The quantitative estimate of drug-likeness (QED) is 0.176. The molecule has 0 aliphatic carbocycles. The van der Waals surface area contributed by atoms with Gasteiger partial charge in [0.1, 0.15) is 11.5 Å². The van der Waals surface area contributed by atoms with Crippen molar-refractivity contribution in [3.8, 4) is 90.2 Å². The molecule has 8 aromatic carbocycles. The van der Waals surface area contributed by atoms with Crippen molar-refractivity contribution in [1.82, 2.24) is 15.0 Å². The van der Waals surface area contributed by atoms with Gasteiger partial charge in [-0.1, -0.05) is 170 Å². The molecule has 0 fully saturated rings. The molecule has 248 valence electrons. The van der Waals surface area contributed by atoms with E-state index < -0.39 is 0 Å². The third kappa shape index (κ3) is 5.54. The summed E-state index contributed by atoms with van der Waals surface area (Å²) in [6.45, 7) is 0. The van der Waals surface area contributed by atoms with Gasteiger partial charge in [0.25, 0.3) is 0 Å². The fourth-order valence-corrected chi connectivity index (χ4v) is 7.40. The molecule has 9 aromatic rings. The van der Waals surface area contributed by atoms with Gasteiger partial charge in [-0.2, -0.15) is 0 Å². The molecule has 0 atom stereocenters. The average molecular weight is 678 g/mol. The lowest BCUT2D eigenvalue weighted by Crippen LogP contribution is -2.02. The molecule has 4 heteroatoms. The predicted molar refractivity (Wildman–Crippen MR) is 215 cm³/mol. The molecule has 0 unspecified atom stereocenters. The summed E-state index contributed by atoms with van der Waals surface area (Å²) in [5.41, 5.74) is 11.7. The van der Waals surface area contributed by atoms with Gasteiger partial charge >= 0.3 is 0 Å². The van der Waals surface area contributed by atoms with Crippen LogP contribution in [-0.2, 0) is 0 Å². The zero-order valence-corrected chi connectivity index (χ0v) is 28.6. The number of hydrogen-bond donors (Lipinski definition) is 0. The summed E-state index contributed by atoms with van der Waals surface area (Å²) < 4.78 is 6.36. The molecule has 0 radical (unpaired) electrons. The molecule has 10 rings (SSSR count). The van der Waals surface area contributed by atoms with E-state index in [1.54, 1.807) is 0 Å². The molecule has 0 bridgehead atoms. The van der Waals surface area contributed by atoms with Crippen molar-refractivity contribution in [3.05, 3.63) is 188 Å². The van der Waals surface area contributed by atoms with E-state index in [1.807, 2.05) is 36.4 Å². The van der Waals surface area contributed by atoms with Gasteiger partial charge in [0.05, 0.1) is 0 Å². The molecule has 4 nitrogen and oxygen atoms in total. The minimum atomic E-state index is 0.615. The molecule has 53 heavy (non-hydrogen) atoms. The van der Waals surface area contributed by atoms with Crippen LogP contribution in [0, 0.1) is 0 Å². The van der Waals surface area contributed by atoms with Crippen LogP contribution in [0.3, 0.4) is 0 Å². The molecule has 0 amide bonds. The van der Waals surface area contributed by atoms with Crippen molar-refractivity contribution in [3.63, 3.8) is 0 Å². The Balaban J connectivity index is 1.09. The molecular formula is C49H31N3O. The zero-order chi connectivity index (χ0) is 35.1. The standard InChI is InChI=1S/C49H31N3O/c1-3-13-33(14-4-1)38-19-7-9-21-41(38)48-50-47(51-49(52-48)42-22-10-8-20-39(42)34-15-5-2-6-16-34)36-27-25-32(26-28-36)37-29-30-44-43(31-37)40-23-11-17-35-18-12-24-45(53-44)46(35)40/h1-31H. The Kier molecular flexibility index (Phi) is 7.43. The number of aromatic nitrogens is 3. The molecule has 0 spiro atoms. The molecule has 0 N–H and O–H groups in total. The second-order valence-electron chi connectivity index (χ2n) is 13.2. The Morgan fingerprint density at radius 1 is 0.283 bits per heavy atom. The molecule has 0 saturated heterocycles. The minimum absolute atomic E-state index is 0.615.